The van der Waals surface area contributed by atoms with Crippen molar-refractivity contribution in [2.75, 3.05) is 13.1 Å². The minimum atomic E-state index is 0. The molecule has 0 saturated heterocycles. The molecule has 2 N–H and O–H groups in total. The largest absolute Gasteiger partial charge is 0.357 e. The van der Waals surface area contributed by atoms with Crippen LogP contribution < -0.4 is 10.6 Å². The summed E-state index contributed by atoms with van der Waals surface area (Å²) in [7, 11) is 2.00. The molecule has 31 heavy (non-hydrogen) atoms. The first-order valence-corrected chi connectivity index (χ1v) is 11.4. The fraction of sp³-hybridized carbons (Fsp3) is 0.435. The van der Waals surface area contributed by atoms with E-state index in [2.05, 4.69) is 60.9 Å². The summed E-state index contributed by atoms with van der Waals surface area (Å²) in [5.41, 5.74) is 5.89. The summed E-state index contributed by atoms with van der Waals surface area (Å²) >= 11 is 1.69. The number of nitrogens with one attached hydrogen (secondary N) is 2. The molecule has 0 saturated carbocycles. The Morgan fingerprint density at radius 2 is 1.97 bits per heavy atom. The second kappa shape index (κ2) is 12.2. The van der Waals surface area contributed by atoms with Gasteiger partial charge in [-0.2, -0.15) is 5.10 Å². The SMILES string of the molecule is CCNC(=NCCc1csc(-c2ccccc2)n1)NC(C)Cc1c(C)nn(C)c1C.I. The molecule has 0 amide bonds. The molecule has 3 rings (SSSR count). The van der Waals surface area contributed by atoms with Crippen LogP contribution in [0.3, 0.4) is 0 Å². The second-order valence-corrected chi connectivity index (χ2v) is 8.40. The summed E-state index contributed by atoms with van der Waals surface area (Å²) in [6.07, 6.45) is 1.75. The molecule has 0 aliphatic carbocycles. The number of aromatic nitrogens is 3. The van der Waals surface area contributed by atoms with Gasteiger partial charge in [-0.25, -0.2) is 4.98 Å². The van der Waals surface area contributed by atoms with Gasteiger partial charge in [0, 0.05) is 49.2 Å². The lowest BCUT2D eigenvalue weighted by Crippen LogP contribution is -2.43. The van der Waals surface area contributed by atoms with Crippen LogP contribution in [0.1, 0.15) is 36.5 Å². The van der Waals surface area contributed by atoms with E-state index >= 15 is 0 Å². The van der Waals surface area contributed by atoms with Crippen LogP contribution in [0.2, 0.25) is 0 Å². The van der Waals surface area contributed by atoms with Crippen LogP contribution in [0.15, 0.2) is 40.7 Å². The van der Waals surface area contributed by atoms with E-state index in [1.54, 1.807) is 11.3 Å². The first-order valence-electron chi connectivity index (χ1n) is 10.5. The molecule has 6 nitrogen and oxygen atoms in total. The van der Waals surface area contributed by atoms with E-state index in [1.165, 1.54) is 16.8 Å². The topological polar surface area (TPSA) is 67.1 Å². The summed E-state index contributed by atoms with van der Waals surface area (Å²) in [5.74, 6) is 0.850. The Labute approximate surface area is 206 Å². The number of hydrogen-bond donors (Lipinski definition) is 2. The van der Waals surface area contributed by atoms with Crippen molar-refractivity contribution in [2.45, 2.75) is 46.6 Å². The Morgan fingerprint density at radius 3 is 2.61 bits per heavy atom. The van der Waals surface area contributed by atoms with E-state index in [0.717, 1.165) is 41.7 Å². The maximum atomic E-state index is 4.76. The van der Waals surface area contributed by atoms with Crippen LogP contribution in [0.5, 0.6) is 0 Å². The van der Waals surface area contributed by atoms with Gasteiger partial charge in [0.2, 0.25) is 0 Å². The zero-order valence-electron chi connectivity index (χ0n) is 19.0. The van der Waals surface area contributed by atoms with E-state index in [1.807, 2.05) is 29.9 Å². The van der Waals surface area contributed by atoms with E-state index in [-0.39, 0.29) is 30.0 Å². The third-order valence-corrected chi connectivity index (χ3v) is 6.05. The minimum absolute atomic E-state index is 0. The summed E-state index contributed by atoms with van der Waals surface area (Å²) in [6, 6.07) is 10.6. The molecule has 0 spiro atoms. The van der Waals surface area contributed by atoms with Crippen LogP contribution >= 0.6 is 35.3 Å². The average Bonchev–Trinajstić information content (AvgIpc) is 3.29. The van der Waals surface area contributed by atoms with Gasteiger partial charge in [-0.05, 0) is 39.7 Å². The van der Waals surface area contributed by atoms with Crippen molar-refractivity contribution in [3.63, 3.8) is 0 Å². The second-order valence-electron chi connectivity index (χ2n) is 7.54. The van der Waals surface area contributed by atoms with E-state index in [4.69, 9.17) is 9.98 Å². The molecule has 0 fully saturated rings. The third-order valence-electron chi connectivity index (χ3n) is 5.11. The molecule has 0 radical (unpaired) electrons. The van der Waals surface area contributed by atoms with Gasteiger partial charge < -0.3 is 10.6 Å². The number of thiazole rings is 1. The van der Waals surface area contributed by atoms with Gasteiger partial charge in [0.15, 0.2) is 5.96 Å². The minimum Gasteiger partial charge on any atom is -0.357 e. The standard InChI is InChI=1S/C23H32N6S.HI/c1-6-24-23(26-16(2)14-21-17(3)28-29(5)18(21)4)25-13-12-20-15-30-22(27-20)19-10-8-7-9-11-19;/h7-11,15-16H,6,12-14H2,1-5H3,(H2,24,25,26);1H. The van der Waals surface area contributed by atoms with Gasteiger partial charge in [-0.15, -0.1) is 35.3 Å². The Balaban J connectivity index is 0.00000341. The predicted molar refractivity (Wildman–Crippen MR) is 142 cm³/mol. The van der Waals surface area contributed by atoms with E-state index in [9.17, 15) is 0 Å². The molecule has 1 unspecified atom stereocenters. The quantitative estimate of drug-likeness (QED) is 0.245. The number of halogens is 1. The lowest BCUT2D eigenvalue weighted by molar-refractivity contribution is 0.635. The lowest BCUT2D eigenvalue weighted by Gasteiger charge is -2.18. The molecule has 2 aromatic heterocycles. The zero-order chi connectivity index (χ0) is 21.5. The number of guanidine groups is 1. The molecular weight excluding hydrogens is 519 g/mol. The number of nitrogens with zero attached hydrogens (tertiary/aromatic N) is 4. The molecular formula is C23H33IN6S. The lowest BCUT2D eigenvalue weighted by atomic mass is 10.1. The predicted octanol–water partition coefficient (Wildman–Crippen LogP) is 4.51. The Morgan fingerprint density at radius 1 is 1.23 bits per heavy atom. The van der Waals surface area contributed by atoms with Crippen molar-refractivity contribution in [3.8, 4) is 10.6 Å². The van der Waals surface area contributed by atoms with Gasteiger partial charge >= 0.3 is 0 Å². The average molecular weight is 553 g/mol. The smallest absolute Gasteiger partial charge is 0.191 e. The summed E-state index contributed by atoms with van der Waals surface area (Å²) in [6.45, 7) is 10.0. The summed E-state index contributed by atoms with van der Waals surface area (Å²) in [5, 5.41) is 14.6. The molecule has 168 valence electrons. The number of rotatable bonds is 8. The Bertz CT molecular complexity index is 979. The Hall–Kier alpha value is -1.94. The van der Waals surface area contributed by atoms with Crippen molar-refractivity contribution in [1.29, 1.82) is 0 Å². The highest BCUT2D eigenvalue weighted by molar-refractivity contribution is 14.0. The van der Waals surface area contributed by atoms with E-state index in [0.29, 0.717) is 6.54 Å². The van der Waals surface area contributed by atoms with Gasteiger partial charge in [0.25, 0.3) is 0 Å². The number of hydrogen-bond acceptors (Lipinski definition) is 4. The Kier molecular flexibility index (Phi) is 9.95. The van der Waals surface area contributed by atoms with Crippen LogP contribution in [0, 0.1) is 13.8 Å². The highest BCUT2D eigenvalue weighted by Crippen LogP contribution is 2.23. The van der Waals surface area contributed by atoms with E-state index < -0.39 is 0 Å². The molecule has 0 aliphatic heterocycles. The first kappa shape index (κ1) is 25.3. The highest BCUT2D eigenvalue weighted by Gasteiger charge is 2.14. The molecule has 1 atom stereocenters. The van der Waals surface area contributed by atoms with Crippen LogP contribution in [-0.4, -0.2) is 39.9 Å². The summed E-state index contributed by atoms with van der Waals surface area (Å²) in [4.78, 5) is 9.52. The van der Waals surface area contributed by atoms with Gasteiger partial charge in [-0.1, -0.05) is 30.3 Å². The molecule has 0 bridgehead atoms. The van der Waals surface area contributed by atoms with Crippen molar-refractivity contribution in [2.24, 2.45) is 12.0 Å². The van der Waals surface area contributed by atoms with Crippen LogP contribution in [-0.2, 0) is 19.9 Å². The maximum absolute atomic E-state index is 4.76. The number of benzene rings is 1. The van der Waals surface area contributed by atoms with Gasteiger partial charge in [0.05, 0.1) is 11.4 Å². The fourth-order valence-electron chi connectivity index (χ4n) is 3.44. The molecule has 0 aliphatic rings. The monoisotopic (exact) mass is 552 g/mol. The van der Waals surface area contributed by atoms with Crippen molar-refractivity contribution in [1.82, 2.24) is 25.4 Å². The molecule has 1 aromatic carbocycles. The highest BCUT2D eigenvalue weighted by atomic mass is 127. The van der Waals surface area contributed by atoms with Crippen LogP contribution in [0.25, 0.3) is 10.6 Å². The summed E-state index contributed by atoms with van der Waals surface area (Å²) < 4.78 is 1.95. The van der Waals surface area contributed by atoms with Gasteiger partial charge in [0.1, 0.15) is 5.01 Å². The fourth-order valence-corrected chi connectivity index (χ4v) is 4.30. The first-order chi connectivity index (χ1) is 14.5. The third kappa shape index (κ3) is 7.03. The van der Waals surface area contributed by atoms with Crippen molar-refractivity contribution >= 4 is 41.3 Å². The van der Waals surface area contributed by atoms with Crippen LogP contribution in [0.4, 0.5) is 0 Å². The molecule has 8 heteroatoms. The molecule has 3 aromatic rings. The maximum Gasteiger partial charge on any atom is 0.191 e. The van der Waals surface area contributed by atoms with Crippen molar-refractivity contribution < 1.29 is 0 Å². The number of aryl methyl sites for hydroxylation is 2. The van der Waals surface area contributed by atoms with Crippen molar-refractivity contribution in [3.05, 3.63) is 58.4 Å². The zero-order valence-corrected chi connectivity index (χ0v) is 22.1. The van der Waals surface area contributed by atoms with Gasteiger partial charge in [-0.3, -0.25) is 9.67 Å². The number of aliphatic imine (C=N–C) groups is 1. The normalized spacial score (nSPS) is 12.4. The molecule has 2 heterocycles.